The summed E-state index contributed by atoms with van der Waals surface area (Å²) < 4.78 is 33.5. The molecule has 0 saturated carbocycles. The van der Waals surface area contributed by atoms with Gasteiger partial charge < -0.3 is 10.1 Å². The maximum atomic E-state index is 13.4. The Kier molecular flexibility index (Phi) is 9.89. The zero-order valence-electron chi connectivity index (χ0n) is 19.7. The van der Waals surface area contributed by atoms with Gasteiger partial charge in [-0.15, -0.1) is 0 Å². The first-order chi connectivity index (χ1) is 16.8. The van der Waals surface area contributed by atoms with Gasteiger partial charge in [-0.05, 0) is 67.9 Å². The number of halogens is 1. The number of nitrogens with zero attached hydrogens (tertiary/aromatic N) is 1. The number of anilines is 1. The Balaban J connectivity index is 1.66. The number of sulfonamides is 1. The highest BCUT2D eigenvalue weighted by atomic mass is 35.5. The molecule has 0 aliphatic carbocycles. The van der Waals surface area contributed by atoms with Crippen molar-refractivity contribution >= 4 is 45.0 Å². The number of carbonyl (C=O) groups excluding carboxylic acids is 1. The summed E-state index contributed by atoms with van der Waals surface area (Å²) >= 11 is 7.58. The number of thioether (sulfide) groups is 1. The fourth-order valence-electron chi connectivity index (χ4n) is 3.25. The summed E-state index contributed by atoms with van der Waals surface area (Å²) in [6, 6.07) is 20.9. The number of carbonyl (C=O) groups is 1. The maximum Gasteiger partial charge on any atom is 0.264 e. The fraction of sp³-hybridized carbons (Fsp3) is 0.269. The van der Waals surface area contributed by atoms with Crippen LogP contribution < -0.4 is 14.4 Å². The maximum absolute atomic E-state index is 13.4. The molecule has 0 heterocycles. The first kappa shape index (κ1) is 26.9. The Bertz CT molecular complexity index is 1200. The Hall–Kier alpha value is -2.68. The van der Waals surface area contributed by atoms with Crippen LogP contribution in [0.4, 0.5) is 5.69 Å². The van der Waals surface area contributed by atoms with Crippen molar-refractivity contribution in [1.82, 2.24) is 5.32 Å². The summed E-state index contributed by atoms with van der Waals surface area (Å²) in [4.78, 5) is 12.9. The highest BCUT2D eigenvalue weighted by molar-refractivity contribution is 7.98. The molecule has 0 bridgehead atoms. The van der Waals surface area contributed by atoms with Crippen molar-refractivity contribution in [3.63, 3.8) is 0 Å². The van der Waals surface area contributed by atoms with Crippen molar-refractivity contribution in [1.29, 1.82) is 0 Å². The minimum Gasteiger partial charge on any atom is -0.494 e. The second-order valence-electron chi connectivity index (χ2n) is 7.78. The lowest BCUT2D eigenvalue weighted by molar-refractivity contribution is -0.119. The largest absolute Gasteiger partial charge is 0.494 e. The molecule has 3 rings (SSSR count). The topological polar surface area (TPSA) is 75.7 Å². The van der Waals surface area contributed by atoms with Gasteiger partial charge in [0.25, 0.3) is 10.0 Å². The first-order valence-corrected chi connectivity index (χ1v) is 14.2. The van der Waals surface area contributed by atoms with Crippen LogP contribution >= 0.6 is 23.4 Å². The molecule has 0 saturated heterocycles. The minimum absolute atomic E-state index is 0.128. The van der Waals surface area contributed by atoms with Crippen molar-refractivity contribution in [3.8, 4) is 5.75 Å². The van der Waals surface area contributed by atoms with Crippen LogP contribution in [0, 0.1) is 6.92 Å². The molecule has 0 aliphatic heterocycles. The summed E-state index contributed by atoms with van der Waals surface area (Å²) in [6.45, 7) is 4.37. The van der Waals surface area contributed by atoms with Crippen LogP contribution in [-0.4, -0.2) is 39.8 Å². The molecule has 0 aromatic heterocycles. The number of nitrogens with one attached hydrogen (secondary N) is 1. The number of hydrogen-bond donors (Lipinski definition) is 1. The molecule has 3 aromatic rings. The second-order valence-corrected chi connectivity index (χ2v) is 11.2. The zero-order chi connectivity index (χ0) is 25.3. The molecule has 0 radical (unpaired) electrons. The molecule has 1 N–H and O–H groups in total. The highest BCUT2D eigenvalue weighted by Gasteiger charge is 2.27. The molecule has 0 fully saturated rings. The van der Waals surface area contributed by atoms with Crippen LogP contribution in [0.3, 0.4) is 0 Å². The minimum atomic E-state index is -3.95. The van der Waals surface area contributed by atoms with E-state index < -0.39 is 10.0 Å². The van der Waals surface area contributed by atoms with Crippen molar-refractivity contribution in [2.75, 3.05) is 29.8 Å². The Labute approximate surface area is 216 Å². The van der Waals surface area contributed by atoms with Crippen LogP contribution in [-0.2, 0) is 20.6 Å². The van der Waals surface area contributed by atoms with Gasteiger partial charge in [0.15, 0.2) is 0 Å². The third kappa shape index (κ3) is 7.92. The molecule has 9 heteroatoms. The molecule has 3 aromatic carbocycles. The van der Waals surface area contributed by atoms with E-state index in [1.54, 1.807) is 60.3 Å². The summed E-state index contributed by atoms with van der Waals surface area (Å²) in [7, 11) is -3.95. The lowest BCUT2D eigenvalue weighted by atomic mass is 10.2. The van der Waals surface area contributed by atoms with Crippen molar-refractivity contribution < 1.29 is 17.9 Å². The van der Waals surface area contributed by atoms with Gasteiger partial charge in [0.05, 0.1) is 17.2 Å². The van der Waals surface area contributed by atoms with Crippen molar-refractivity contribution in [2.24, 2.45) is 0 Å². The van der Waals surface area contributed by atoms with Crippen molar-refractivity contribution in [2.45, 2.75) is 24.5 Å². The molecule has 6 nitrogen and oxygen atoms in total. The molecule has 186 valence electrons. The molecule has 0 spiro atoms. The van der Waals surface area contributed by atoms with Crippen LogP contribution in [0.2, 0.25) is 5.02 Å². The highest BCUT2D eigenvalue weighted by Crippen LogP contribution is 2.26. The average molecular weight is 533 g/mol. The van der Waals surface area contributed by atoms with E-state index in [4.69, 9.17) is 16.3 Å². The van der Waals surface area contributed by atoms with Gasteiger partial charge >= 0.3 is 0 Å². The molecule has 35 heavy (non-hydrogen) atoms. The predicted molar refractivity (Wildman–Crippen MR) is 144 cm³/mol. The van der Waals surface area contributed by atoms with E-state index in [0.29, 0.717) is 35.4 Å². The standard InChI is InChI=1S/C26H29ClN2O4S2/c1-3-33-24-12-10-23(11-13-24)29(35(31,32)25-14-4-20(2)5-15-25)18-26(30)28-16-17-34-19-21-6-8-22(27)9-7-21/h4-15H,3,16-19H2,1-2H3,(H,28,30). The smallest absolute Gasteiger partial charge is 0.264 e. The van der Waals surface area contributed by atoms with Gasteiger partial charge in [-0.2, -0.15) is 11.8 Å². The molecule has 0 unspecified atom stereocenters. The summed E-state index contributed by atoms with van der Waals surface area (Å²) in [5, 5.41) is 3.53. The summed E-state index contributed by atoms with van der Waals surface area (Å²) in [6.07, 6.45) is 0. The van der Waals surface area contributed by atoms with E-state index in [1.165, 1.54) is 0 Å². The van der Waals surface area contributed by atoms with Gasteiger partial charge in [0, 0.05) is 23.1 Å². The van der Waals surface area contributed by atoms with E-state index in [-0.39, 0.29) is 17.3 Å². The third-order valence-electron chi connectivity index (χ3n) is 5.08. The Morgan fingerprint density at radius 3 is 2.29 bits per heavy atom. The van der Waals surface area contributed by atoms with E-state index in [9.17, 15) is 13.2 Å². The van der Waals surface area contributed by atoms with Crippen molar-refractivity contribution in [3.05, 3.63) is 88.9 Å². The number of amides is 1. The van der Waals surface area contributed by atoms with E-state index in [1.807, 2.05) is 38.1 Å². The average Bonchev–Trinajstić information content (AvgIpc) is 2.84. The van der Waals surface area contributed by atoms with Crippen LogP contribution in [0.15, 0.2) is 77.7 Å². The van der Waals surface area contributed by atoms with Crippen LogP contribution in [0.5, 0.6) is 5.75 Å². The molecular weight excluding hydrogens is 504 g/mol. The summed E-state index contributed by atoms with van der Waals surface area (Å²) in [5.74, 6) is 1.75. The number of benzene rings is 3. The predicted octanol–water partition coefficient (Wildman–Crippen LogP) is 5.29. The lowest BCUT2D eigenvalue weighted by Crippen LogP contribution is -2.41. The lowest BCUT2D eigenvalue weighted by Gasteiger charge is -2.24. The van der Waals surface area contributed by atoms with E-state index in [2.05, 4.69) is 5.32 Å². The Morgan fingerprint density at radius 2 is 1.66 bits per heavy atom. The third-order valence-corrected chi connectivity index (χ3v) is 8.15. The summed E-state index contributed by atoms with van der Waals surface area (Å²) in [5.41, 5.74) is 2.49. The van der Waals surface area contributed by atoms with Gasteiger partial charge in [-0.25, -0.2) is 8.42 Å². The molecule has 1 amide bonds. The van der Waals surface area contributed by atoms with Gasteiger partial charge in [-0.1, -0.05) is 41.4 Å². The number of ether oxygens (including phenoxy) is 1. The van der Waals surface area contributed by atoms with Crippen LogP contribution in [0.25, 0.3) is 0 Å². The molecular formula is C26H29ClN2O4S2. The monoisotopic (exact) mass is 532 g/mol. The fourth-order valence-corrected chi connectivity index (χ4v) is 5.61. The quantitative estimate of drug-likeness (QED) is 0.321. The SMILES string of the molecule is CCOc1ccc(N(CC(=O)NCCSCc2ccc(Cl)cc2)S(=O)(=O)c2ccc(C)cc2)cc1. The Morgan fingerprint density at radius 1 is 1.00 bits per heavy atom. The normalized spacial score (nSPS) is 11.2. The van der Waals surface area contributed by atoms with E-state index >= 15 is 0 Å². The zero-order valence-corrected chi connectivity index (χ0v) is 22.1. The van der Waals surface area contributed by atoms with Crippen LogP contribution in [0.1, 0.15) is 18.1 Å². The van der Waals surface area contributed by atoms with Gasteiger partial charge in [0.2, 0.25) is 5.91 Å². The van der Waals surface area contributed by atoms with Gasteiger partial charge in [0.1, 0.15) is 12.3 Å². The van der Waals surface area contributed by atoms with E-state index in [0.717, 1.165) is 21.2 Å². The molecule has 0 atom stereocenters. The second kappa shape index (κ2) is 12.9. The molecule has 0 aliphatic rings. The number of hydrogen-bond acceptors (Lipinski definition) is 5. The first-order valence-electron chi connectivity index (χ1n) is 11.2. The number of aryl methyl sites for hydroxylation is 1. The number of rotatable bonds is 12. The van der Waals surface area contributed by atoms with Gasteiger partial charge in [-0.3, -0.25) is 9.10 Å².